The van der Waals surface area contributed by atoms with E-state index in [4.69, 9.17) is 0 Å². The summed E-state index contributed by atoms with van der Waals surface area (Å²) in [5.41, 5.74) is 45.6. The van der Waals surface area contributed by atoms with Crippen LogP contribution < -0.4 is 0 Å². The van der Waals surface area contributed by atoms with Gasteiger partial charge in [0.2, 0.25) is 0 Å². The molecule has 0 nitrogen and oxygen atoms in total. The number of rotatable bonds is 7. The molecule has 0 N–H and O–H groups in total. The fourth-order valence-corrected chi connectivity index (χ4v) is 15.0. The van der Waals surface area contributed by atoms with E-state index >= 15 is 0 Å². The van der Waals surface area contributed by atoms with E-state index in [1.54, 1.807) is 0 Å². The Kier molecular flexibility index (Phi) is 13.9. The van der Waals surface area contributed by atoms with Gasteiger partial charge < -0.3 is 0 Å². The van der Waals surface area contributed by atoms with E-state index in [-0.39, 0.29) is 0 Å². The van der Waals surface area contributed by atoms with Gasteiger partial charge in [0.05, 0.1) is 0 Å². The number of benzene rings is 12. The molecule has 12 aromatic carbocycles. The molecule has 0 aliphatic heterocycles. The van der Waals surface area contributed by atoms with Gasteiger partial charge in [0, 0.05) is 0 Å². The summed E-state index contributed by atoms with van der Waals surface area (Å²) in [6, 6.07) is 51.6. The monoisotopic (exact) mass is 1090 g/mol. The van der Waals surface area contributed by atoms with Crippen molar-refractivity contribution in [3.05, 3.63) is 245 Å². The average Bonchev–Trinajstić information content (AvgIpc) is 1.74. The highest BCUT2D eigenvalue weighted by atomic mass is 14.3. The van der Waals surface area contributed by atoms with Gasteiger partial charge in [-0.2, -0.15) is 0 Å². The van der Waals surface area contributed by atoms with Crippen molar-refractivity contribution >= 4 is 43.1 Å². The predicted molar refractivity (Wildman–Crippen MR) is 369 cm³/mol. The molecule has 0 aliphatic carbocycles. The van der Waals surface area contributed by atoms with Crippen molar-refractivity contribution in [1.29, 1.82) is 0 Å². The zero-order valence-electron chi connectivity index (χ0n) is 53.7. The van der Waals surface area contributed by atoms with Crippen molar-refractivity contribution in [1.82, 2.24) is 0 Å². The zero-order chi connectivity index (χ0) is 59.8. The molecule has 12 aromatic rings. The highest BCUT2D eigenvalue weighted by molar-refractivity contribution is 6.25. The molecule has 0 saturated carbocycles. The maximum atomic E-state index is 2.50. The first-order valence-corrected chi connectivity index (χ1v) is 30.5. The first-order valence-electron chi connectivity index (χ1n) is 30.5. The Hall–Kier alpha value is -8.32. The van der Waals surface area contributed by atoms with Gasteiger partial charge in [0.15, 0.2) is 0 Å². The first kappa shape index (κ1) is 56.2. The lowest BCUT2D eigenvalue weighted by Gasteiger charge is -2.26. The van der Waals surface area contributed by atoms with Crippen LogP contribution in [0.2, 0.25) is 0 Å². The largest absolute Gasteiger partial charge is 0.0616 e. The molecule has 0 bridgehead atoms. The highest BCUT2D eigenvalue weighted by Crippen LogP contribution is 2.52. The lowest BCUT2D eigenvalue weighted by Crippen LogP contribution is -2.03. The fourth-order valence-electron chi connectivity index (χ4n) is 15.0. The van der Waals surface area contributed by atoms with Crippen LogP contribution in [0.15, 0.2) is 133 Å². The smallest absolute Gasteiger partial charge is 0.00206 e. The molecule has 0 aromatic heterocycles. The van der Waals surface area contributed by atoms with Gasteiger partial charge in [-0.1, -0.05) is 121 Å². The average molecular weight is 1090 g/mol. The third-order valence-corrected chi connectivity index (χ3v) is 21.8. The van der Waals surface area contributed by atoms with Gasteiger partial charge in [-0.05, 0) is 383 Å². The molecule has 0 amide bonds. The van der Waals surface area contributed by atoms with Crippen LogP contribution in [0, 0.1) is 138 Å². The lowest BCUT2D eigenvalue weighted by molar-refractivity contribution is 1.18. The Morgan fingerprint density at radius 1 is 0.131 bits per heavy atom. The van der Waals surface area contributed by atoms with Crippen molar-refractivity contribution in [3.63, 3.8) is 0 Å². The SMILES string of the molecule is Cc1c(C)c(C)c(-c2c3ccccc3c(-c3c(C)c(C)c(C)c(C)c3C)c3cc(-c4ccc(-c5ccc(-c6ccc7c(-c8c(C)c(C)c(C)c(C)c8C)c8ccccc8c(-c8c(C)c(C)c(C)c(C)c8C)c7c6)cc5)cc4)ccc23)c(C)c1C. The van der Waals surface area contributed by atoms with E-state index < -0.39 is 0 Å². The Labute approximate surface area is 501 Å². The summed E-state index contributed by atoms with van der Waals surface area (Å²) >= 11 is 0. The minimum absolute atomic E-state index is 1.20. The van der Waals surface area contributed by atoms with Gasteiger partial charge in [-0.15, -0.1) is 0 Å². The third-order valence-electron chi connectivity index (χ3n) is 21.8. The zero-order valence-corrected chi connectivity index (χ0v) is 53.7. The fraction of sp³-hybridized carbons (Fsp3) is 0.238. The second-order valence-corrected chi connectivity index (χ2v) is 25.3. The molecule has 418 valence electrons. The number of hydrogen-bond acceptors (Lipinski definition) is 0. The van der Waals surface area contributed by atoms with Crippen LogP contribution in [0.1, 0.15) is 111 Å². The first-order chi connectivity index (χ1) is 40.0. The van der Waals surface area contributed by atoms with Gasteiger partial charge >= 0.3 is 0 Å². The lowest BCUT2D eigenvalue weighted by atomic mass is 9.78. The van der Waals surface area contributed by atoms with Gasteiger partial charge in [0.25, 0.3) is 0 Å². The highest BCUT2D eigenvalue weighted by Gasteiger charge is 2.27. The van der Waals surface area contributed by atoms with Crippen LogP contribution in [0.5, 0.6) is 0 Å². The van der Waals surface area contributed by atoms with Crippen LogP contribution in [0.3, 0.4) is 0 Å². The van der Waals surface area contributed by atoms with Gasteiger partial charge in [-0.25, -0.2) is 0 Å². The molecule has 0 spiro atoms. The summed E-state index contributed by atoms with van der Waals surface area (Å²) in [5.74, 6) is 0. The third kappa shape index (κ3) is 8.37. The van der Waals surface area contributed by atoms with Crippen molar-refractivity contribution in [3.8, 4) is 77.9 Å². The minimum Gasteiger partial charge on any atom is -0.0616 e. The van der Waals surface area contributed by atoms with Crippen molar-refractivity contribution in [2.75, 3.05) is 0 Å². The summed E-state index contributed by atoms with van der Waals surface area (Å²) in [7, 11) is 0. The topological polar surface area (TPSA) is 0 Å². The molecular formula is C84H82. The maximum Gasteiger partial charge on any atom is -0.00206 e. The van der Waals surface area contributed by atoms with E-state index in [9.17, 15) is 0 Å². The summed E-state index contributed by atoms with van der Waals surface area (Å²) in [4.78, 5) is 0. The van der Waals surface area contributed by atoms with E-state index in [0.717, 1.165) is 0 Å². The van der Waals surface area contributed by atoms with Crippen LogP contribution in [-0.2, 0) is 0 Å². The molecule has 0 fully saturated rings. The molecule has 0 radical (unpaired) electrons. The van der Waals surface area contributed by atoms with Gasteiger partial charge in [0.1, 0.15) is 0 Å². The molecule has 0 unspecified atom stereocenters. The normalized spacial score (nSPS) is 11.8. The van der Waals surface area contributed by atoms with Crippen LogP contribution in [0.25, 0.3) is 121 Å². The standard InChI is InChI=1S/C84H82/c1-43-47(5)55(13)77(56(14)48(43)6)81-69-25-21-23-27-71(69)83(79-59(17)51(9)45(3)52(10)60(79)18)75-41-67(37-39-73(75)81)65-33-29-63(30-34-65)64-31-35-66(36-32-64)68-38-40-74-76(42-68)84(80-61(19)53(11)46(4)54(12)62(80)20)72-28-24-22-26-70(72)82(74)78-57(15)49(7)44(2)50(8)58(78)16/h21-42H,1-20H3. The van der Waals surface area contributed by atoms with Crippen molar-refractivity contribution in [2.45, 2.75) is 138 Å². The molecular weight excluding hydrogens is 1010 g/mol. The van der Waals surface area contributed by atoms with Crippen LogP contribution in [0.4, 0.5) is 0 Å². The predicted octanol–water partition coefficient (Wildman–Crippen LogP) is 24.1. The van der Waals surface area contributed by atoms with Gasteiger partial charge in [-0.3, -0.25) is 0 Å². The maximum absolute atomic E-state index is 2.50. The second kappa shape index (κ2) is 20.8. The van der Waals surface area contributed by atoms with E-state index in [1.165, 1.54) is 232 Å². The molecule has 0 atom stereocenters. The second-order valence-electron chi connectivity index (χ2n) is 25.3. The number of hydrogen-bond donors (Lipinski definition) is 0. The molecule has 0 heteroatoms. The molecule has 84 heavy (non-hydrogen) atoms. The Morgan fingerprint density at radius 3 is 0.500 bits per heavy atom. The minimum atomic E-state index is 1.20. The summed E-state index contributed by atoms with van der Waals surface area (Å²) in [6.07, 6.45) is 0. The van der Waals surface area contributed by atoms with E-state index in [1.807, 2.05) is 0 Å². The molecule has 0 heterocycles. The summed E-state index contributed by atoms with van der Waals surface area (Å²) < 4.78 is 0. The quantitative estimate of drug-likeness (QED) is 0.140. The van der Waals surface area contributed by atoms with Crippen LogP contribution >= 0.6 is 0 Å². The molecule has 0 aliphatic rings. The van der Waals surface area contributed by atoms with Crippen molar-refractivity contribution < 1.29 is 0 Å². The summed E-state index contributed by atoms with van der Waals surface area (Å²) in [6.45, 7) is 46.3. The molecule has 0 saturated heterocycles. The number of fused-ring (bicyclic) bond motifs is 4. The van der Waals surface area contributed by atoms with E-state index in [2.05, 4.69) is 272 Å². The van der Waals surface area contributed by atoms with Crippen LogP contribution in [-0.4, -0.2) is 0 Å². The Morgan fingerprint density at radius 2 is 0.286 bits per heavy atom. The Bertz CT molecular complexity index is 4390. The Balaban J connectivity index is 0.998. The van der Waals surface area contributed by atoms with E-state index in [0.29, 0.717) is 0 Å². The summed E-state index contributed by atoms with van der Waals surface area (Å²) in [5, 5.41) is 10.4. The molecule has 12 rings (SSSR count). The van der Waals surface area contributed by atoms with Crippen molar-refractivity contribution in [2.24, 2.45) is 0 Å².